The van der Waals surface area contributed by atoms with Crippen LogP contribution in [0.2, 0.25) is 5.02 Å². The molecule has 0 amide bonds. The number of hydrogen-bond acceptors (Lipinski definition) is 4. The number of halogens is 1. The third kappa shape index (κ3) is 2.84. The number of rotatable bonds is 4. The fraction of sp³-hybridized carbons (Fsp3) is 0.0625. The highest BCUT2D eigenvalue weighted by atomic mass is 35.5. The predicted molar refractivity (Wildman–Crippen MR) is 83.2 cm³/mol. The van der Waals surface area contributed by atoms with Crippen molar-refractivity contribution in [3.8, 4) is 5.69 Å². The molecule has 1 aromatic carbocycles. The van der Waals surface area contributed by atoms with Crippen LogP contribution in [0.5, 0.6) is 0 Å². The zero-order valence-electron chi connectivity index (χ0n) is 11.7. The Morgan fingerprint density at radius 3 is 2.73 bits per heavy atom. The molecule has 5 nitrogen and oxygen atoms in total. The first-order valence-corrected chi connectivity index (χ1v) is 6.97. The third-order valence-corrected chi connectivity index (χ3v) is 3.39. The average Bonchev–Trinajstić information content (AvgIpc) is 3.15. The van der Waals surface area contributed by atoms with E-state index in [-0.39, 0.29) is 5.78 Å². The van der Waals surface area contributed by atoms with Crippen LogP contribution in [0.15, 0.2) is 53.2 Å². The van der Waals surface area contributed by atoms with Crippen molar-refractivity contribution in [1.29, 1.82) is 0 Å². The van der Waals surface area contributed by atoms with Crippen LogP contribution in [0.1, 0.15) is 21.9 Å². The van der Waals surface area contributed by atoms with E-state index in [1.165, 1.54) is 6.08 Å². The van der Waals surface area contributed by atoms with Crippen LogP contribution < -0.4 is 0 Å². The fourth-order valence-corrected chi connectivity index (χ4v) is 2.13. The summed E-state index contributed by atoms with van der Waals surface area (Å²) in [5.74, 6) is 0.380. The SMILES string of the molecule is Cc1c(C(=O)/C=C/c2ccco2)nnn1-c1ccc(Cl)cc1. The Balaban J connectivity index is 1.87. The second-order valence-corrected chi connectivity index (χ2v) is 5.06. The fourth-order valence-electron chi connectivity index (χ4n) is 2.01. The first-order valence-electron chi connectivity index (χ1n) is 6.59. The molecule has 110 valence electrons. The molecule has 2 aromatic heterocycles. The van der Waals surface area contributed by atoms with Gasteiger partial charge >= 0.3 is 0 Å². The predicted octanol–water partition coefficient (Wildman–Crippen LogP) is 3.72. The normalized spacial score (nSPS) is 11.2. The molecular weight excluding hydrogens is 302 g/mol. The summed E-state index contributed by atoms with van der Waals surface area (Å²) in [5.41, 5.74) is 1.76. The summed E-state index contributed by atoms with van der Waals surface area (Å²) < 4.78 is 6.74. The molecule has 0 saturated heterocycles. The van der Waals surface area contributed by atoms with Gasteiger partial charge in [-0.1, -0.05) is 16.8 Å². The summed E-state index contributed by atoms with van der Waals surface area (Å²) in [6, 6.07) is 10.7. The number of carbonyl (C=O) groups is 1. The topological polar surface area (TPSA) is 60.9 Å². The van der Waals surface area contributed by atoms with Gasteiger partial charge in [0.2, 0.25) is 5.78 Å². The van der Waals surface area contributed by atoms with E-state index in [1.807, 2.05) is 12.1 Å². The van der Waals surface area contributed by atoms with E-state index in [0.717, 1.165) is 5.69 Å². The molecule has 0 aliphatic rings. The van der Waals surface area contributed by atoms with Gasteiger partial charge in [0.1, 0.15) is 5.76 Å². The molecule has 22 heavy (non-hydrogen) atoms. The number of allylic oxidation sites excluding steroid dienone is 1. The molecule has 2 heterocycles. The van der Waals surface area contributed by atoms with Gasteiger partial charge in [0.25, 0.3) is 0 Å². The van der Waals surface area contributed by atoms with Gasteiger partial charge in [0.15, 0.2) is 5.69 Å². The van der Waals surface area contributed by atoms with Gasteiger partial charge in [0, 0.05) is 5.02 Å². The lowest BCUT2D eigenvalue weighted by atomic mass is 10.2. The van der Waals surface area contributed by atoms with Gasteiger partial charge < -0.3 is 4.42 Å². The number of aromatic nitrogens is 3. The number of nitrogens with zero attached hydrogens (tertiary/aromatic N) is 3. The lowest BCUT2D eigenvalue weighted by Gasteiger charge is -2.02. The van der Waals surface area contributed by atoms with Crippen molar-refractivity contribution in [3.05, 3.63) is 70.9 Å². The van der Waals surface area contributed by atoms with Gasteiger partial charge in [-0.25, -0.2) is 4.68 Å². The Labute approximate surface area is 131 Å². The monoisotopic (exact) mass is 313 g/mol. The average molecular weight is 314 g/mol. The Morgan fingerprint density at radius 1 is 1.27 bits per heavy atom. The maximum atomic E-state index is 12.2. The van der Waals surface area contributed by atoms with Crippen molar-refractivity contribution in [2.75, 3.05) is 0 Å². The minimum atomic E-state index is -0.228. The molecule has 0 N–H and O–H groups in total. The van der Waals surface area contributed by atoms with E-state index in [1.54, 1.807) is 48.2 Å². The minimum absolute atomic E-state index is 0.228. The van der Waals surface area contributed by atoms with Crippen molar-refractivity contribution in [2.45, 2.75) is 6.92 Å². The molecule has 0 bridgehead atoms. The van der Waals surface area contributed by atoms with Crippen LogP contribution in [0.3, 0.4) is 0 Å². The Morgan fingerprint density at radius 2 is 2.05 bits per heavy atom. The van der Waals surface area contributed by atoms with Crippen LogP contribution in [0.4, 0.5) is 0 Å². The number of carbonyl (C=O) groups excluding carboxylic acids is 1. The highest BCUT2D eigenvalue weighted by Crippen LogP contribution is 2.16. The molecule has 3 rings (SSSR count). The smallest absolute Gasteiger partial charge is 0.208 e. The van der Waals surface area contributed by atoms with Crippen LogP contribution in [-0.2, 0) is 0 Å². The molecule has 3 aromatic rings. The van der Waals surface area contributed by atoms with Crippen molar-refractivity contribution < 1.29 is 9.21 Å². The molecule has 0 saturated carbocycles. The van der Waals surface area contributed by atoms with Gasteiger partial charge in [-0.2, -0.15) is 0 Å². The largest absolute Gasteiger partial charge is 0.465 e. The number of benzene rings is 1. The summed E-state index contributed by atoms with van der Waals surface area (Å²) in [4.78, 5) is 12.2. The lowest BCUT2D eigenvalue weighted by Crippen LogP contribution is -2.01. The van der Waals surface area contributed by atoms with Crippen molar-refractivity contribution in [2.24, 2.45) is 0 Å². The Kier molecular flexibility index (Phi) is 3.89. The first-order chi connectivity index (χ1) is 10.6. The van der Waals surface area contributed by atoms with E-state index in [4.69, 9.17) is 16.0 Å². The van der Waals surface area contributed by atoms with Gasteiger partial charge in [-0.15, -0.1) is 5.10 Å². The highest BCUT2D eigenvalue weighted by Gasteiger charge is 2.15. The molecule has 0 fully saturated rings. The second kappa shape index (κ2) is 5.99. The quantitative estimate of drug-likeness (QED) is 0.544. The van der Waals surface area contributed by atoms with Crippen LogP contribution in [-0.4, -0.2) is 20.8 Å². The van der Waals surface area contributed by atoms with E-state index < -0.39 is 0 Å². The highest BCUT2D eigenvalue weighted by molar-refractivity contribution is 6.30. The molecule has 0 aliphatic carbocycles. The molecular formula is C16H12ClN3O2. The van der Waals surface area contributed by atoms with Crippen LogP contribution >= 0.6 is 11.6 Å². The Bertz CT molecular complexity index is 818. The third-order valence-electron chi connectivity index (χ3n) is 3.14. The summed E-state index contributed by atoms with van der Waals surface area (Å²) in [5, 5.41) is 8.63. The maximum absolute atomic E-state index is 12.2. The first kappa shape index (κ1) is 14.3. The standard InChI is InChI=1S/C16H12ClN3O2/c1-11-16(15(21)9-8-14-3-2-10-22-14)18-19-20(11)13-6-4-12(17)5-7-13/h2-10H,1H3/b9-8+. The summed E-state index contributed by atoms with van der Waals surface area (Å²) >= 11 is 5.87. The zero-order valence-corrected chi connectivity index (χ0v) is 12.5. The van der Waals surface area contributed by atoms with Crippen molar-refractivity contribution in [3.63, 3.8) is 0 Å². The summed E-state index contributed by atoms with van der Waals surface area (Å²) in [6.45, 7) is 1.79. The molecule has 0 radical (unpaired) electrons. The zero-order chi connectivity index (χ0) is 15.5. The van der Waals surface area contributed by atoms with Gasteiger partial charge in [-0.05, 0) is 55.5 Å². The molecule has 0 spiro atoms. The van der Waals surface area contributed by atoms with Gasteiger partial charge in [-0.3, -0.25) is 4.79 Å². The lowest BCUT2D eigenvalue weighted by molar-refractivity contribution is 0.104. The molecule has 6 heteroatoms. The maximum Gasteiger partial charge on any atom is 0.208 e. The molecule has 0 aliphatic heterocycles. The summed E-state index contributed by atoms with van der Waals surface area (Å²) in [6.07, 6.45) is 4.57. The Hall–Kier alpha value is -2.66. The number of ketones is 1. The van der Waals surface area contributed by atoms with E-state index >= 15 is 0 Å². The second-order valence-electron chi connectivity index (χ2n) is 4.62. The van der Waals surface area contributed by atoms with Crippen molar-refractivity contribution >= 4 is 23.5 Å². The van der Waals surface area contributed by atoms with Gasteiger partial charge in [0.05, 0.1) is 17.6 Å². The number of hydrogen-bond donors (Lipinski definition) is 0. The van der Waals surface area contributed by atoms with Crippen LogP contribution in [0, 0.1) is 6.92 Å². The van der Waals surface area contributed by atoms with Crippen LogP contribution in [0.25, 0.3) is 11.8 Å². The number of furan rings is 1. The molecule has 0 unspecified atom stereocenters. The van der Waals surface area contributed by atoms with E-state index in [9.17, 15) is 4.79 Å². The summed E-state index contributed by atoms with van der Waals surface area (Å²) in [7, 11) is 0. The minimum Gasteiger partial charge on any atom is -0.465 e. The van der Waals surface area contributed by atoms with E-state index in [0.29, 0.717) is 22.2 Å². The van der Waals surface area contributed by atoms with E-state index in [2.05, 4.69) is 10.3 Å². The van der Waals surface area contributed by atoms with Crippen molar-refractivity contribution in [1.82, 2.24) is 15.0 Å². The molecule has 0 atom stereocenters.